The number of sulfone groups is 1. The van der Waals surface area contributed by atoms with Crippen molar-refractivity contribution in [1.82, 2.24) is 10.3 Å². The first-order valence-corrected chi connectivity index (χ1v) is 9.28. The van der Waals surface area contributed by atoms with Crippen LogP contribution in [-0.2, 0) is 9.84 Å². The van der Waals surface area contributed by atoms with Crippen molar-refractivity contribution in [2.75, 3.05) is 16.8 Å². The number of nitrogens with zero attached hydrogens (tertiary/aromatic N) is 1. The predicted octanol–water partition coefficient (Wildman–Crippen LogP) is 1.82. The molecule has 0 saturated carbocycles. The fraction of sp³-hybridized carbons (Fsp3) is 0.333. The Morgan fingerprint density at radius 2 is 2.10 bits per heavy atom. The topological polar surface area (TPSA) is 88.2 Å². The smallest absolute Gasteiger partial charge is 0.321 e. The molecular formula is C12H12ClN3O3S2. The number of rotatable bonds is 2. The van der Waals surface area contributed by atoms with E-state index in [0.717, 1.165) is 10.2 Å². The summed E-state index contributed by atoms with van der Waals surface area (Å²) in [7, 11) is -3.17. The van der Waals surface area contributed by atoms with Gasteiger partial charge in [-0.25, -0.2) is 18.2 Å². The summed E-state index contributed by atoms with van der Waals surface area (Å²) in [5.74, 6) is -0.241. The van der Waals surface area contributed by atoms with Crippen LogP contribution in [0.15, 0.2) is 24.3 Å². The van der Waals surface area contributed by atoms with E-state index in [0.29, 0.717) is 5.13 Å². The summed E-state index contributed by atoms with van der Waals surface area (Å²) < 4.78 is 23.8. The molecule has 21 heavy (non-hydrogen) atoms. The van der Waals surface area contributed by atoms with Gasteiger partial charge < -0.3 is 5.32 Å². The maximum atomic E-state index is 11.9. The van der Waals surface area contributed by atoms with Crippen LogP contribution >= 0.6 is 22.9 Å². The zero-order chi connectivity index (χ0) is 15.0. The molecule has 2 N–H and O–H groups in total. The molecule has 0 spiro atoms. The Morgan fingerprint density at radius 1 is 1.33 bits per heavy atom. The maximum absolute atomic E-state index is 11.9. The summed E-state index contributed by atoms with van der Waals surface area (Å²) in [5, 5.41) is 5.05. The van der Waals surface area contributed by atoms with Crippen LogP contribution in [-0.4, -0.2) is 42.4 Å². The largest absolute Gasteiger partial charge is 0.333 e. The number of fused-ring (bicyclic) bond motifs is 1. The lowest BCUT2D eigenvalue weighted by molar-refractivity contribution is 0.249. The summed E-state index contributed by atoms with van der Waals surface area (Å²) in [6.45, 7) is 0. The van der Waals surface area contributed by atoms with Crippen molar-refractivity contribution in [2.24, 2.45) is 0 Å². The number of urea groups is 1. The Bertz CT molecular complexity index is 757. The van der Waals surface area contributed by atoms with Gasteiger partial charge >= 0.3 is 6.03 Å². The molecule has 2 atom stereocenters. The fourth-order valence-electron chi connectivity index (χ4n) is 2.16. The normalized spacial score (nSPS) is 24.0. The molecule has 1 saturated heterocycles. The van der Waals surface area contributed by atoms with Crippen molar-refractivity contribution >= 4 is 54.2 Å². The van der Waals surface area contributed by atoms with Crippen molar-refractivity contribution in [1.29, 1.82) is 0 Å². The highest BCUT2D eigenvalue weighted by molar-refractivity contribution is 7.91. The number of alkyl halides is 1. The third-order valence-electron chi connectivity index (χ3n) is 3.11. The van der Waals surface area contributed by atoms with E-state index < -0.39 is 27.3 Å². The van der Waals surface area contributed by atoms with Crippen LogP contribution < -0.4 is 10.6 Å². The van der Waals surface area contributed by atoms with E-state index in [2.05, 4.69) is 15.6 Å². The Morgan fingerprint density at radius 3 is 2.76 bits per heavy atom. The summed E-state index contributed by atoms with van der Waals surface area (Å²) >= 11 is 7.29. The lowest BCUT2D eigenvalue weighted by Gasteiger charge is -2.13. The van der Waals surface area contributed by atoms with Crippen LogP contribution in [0.4, 0.5) is 9.93 Å². The number of carbonyl (C=O) groups is 1. The molecule has 1 aliphatic rings. The molecule has 0 bridgehead atoms. The first kappa shape index (κ1) is 14.6. The van der Waals surface area contributed by atoms with E-state index in [1.54, 1.807) is 0 Å². The lowest BCUT2D eigenvalue weighted by Crippen LogP contribution is -2.42. The minimum atomic E-state index is -3.17. The molecule has 0 unspecified atom stereocenters. The standard InChI is InChI=1S/C12H12ClN3O3S2/c13-7-5-21(18,19)6-9(7)14-11(17)16-12-15-8-3-1-2-4-10(8)20-12/h1-4,7,9H,5-6H2,(H2,14,15,16,17)/t7-,9+/m0/s1. The average Bonchev–Trinajstić information content (AvgIpc) is 2.89. The highest BCUT2D eigenvalue weighted by atomic mass is 35.5. The Labute approximate surface area is 130 Å². The molecule has 2 heterocycles. The van der Waals surface area contributed by atoms with Gasteiger partial charge in [-0.3, -0.25) is 5.32 Å². The lowest BCUT2D eigenvalue weighted by atomic mass is 10.2. The average molecular weight is 346 g/mol. The highest BCUT2D eigenvalue weighted by Crippen LogP contribution is 2.25. The van der Waals surface area contributed by atoms with Crippen LogP contribution in [0.5, 0.6) is 0 Å². The minimum Gasteiger partial charge on any atom is -0.333 e. The van der Waals surface area contributed by atoms with Gasteiger partial charge in [0.15, 0.2) is 15.0 Å². The number of anilines is 1. The number of hydrogen-bond acceptors (Lipinski definition) is 5. The van der Waals surface area contributed by atoms with E-state index in [4.69, 9.17) is 11.6 Å². The molecule has 1 aliphatic heterocycles. The van der Waals surface area contributed by atoms with Gasteiger partial charge in [0, 0.05) is 0 Å². The van der Waals surface area contributed by atoms with Gasteiger partial charge in [-0.1, -0.05) is 23.5 Å². The third kappa shape index (κ3) is 3.28. The molecule has 2 aromatic rings. The van der Waals surface area contributed by atoms with Crippen molar-refractivity contribution in [3.05, 3.63) is 24.3 Å². The monoisotopic (exact) mass is 345 g/mol. The quantitative estimate of drug-likeness (QED) is 0.813. The second-order valence-electron chi connectivity index (χ2n) is 4.78. The molecule has 0 radical (unpaired) electrons. The zero-order valence-corrected chi connectivity index (χ0v) is 13.1. The predicted molar refractivity (Wildman–Crippen MR) is 83.9 cm³/mol. The molecule has 1 aromatic carbocycles. The van der Waals surface area contributed by atoms with Gasteiger partial charge in [-0.15, -0.1) is 11.6 Å². The number of halogens is 1. The molecule has 0 aliphatic carbocycles. The van der Waals surface area contributed by atoms with E-state index >= 15 is 0 Å². The van der Waals surface area contributed by atoms with Crippen LogP contribution in [0.3, 0.4) is 0 Å². The number of nitrogens with one attached hydrogen (secondary N) is 2. The number of benzene rings is 1. The number of carbonyl (C=O) groups excluding carboxylic acids is 1. The SMILES string of the molecule is O=C(Nc1nc2ccccc2s1)N[C@@H]1CS(=O)(=O)C[C@@H]1Cl. The van der Waals surface area contributed by atoms with E-state index in [9.17, 15) is 13.2 Å². The summed E-state index contributed by atoms with van der Waals surface area (Å²) in [6, 6.07) is 6.45. The number of para-hydroxylation sites is 1. The van der Waals surface area contributed by atoms with Crippen molar-refractivity contribution < 1.29 is 13.2 Å². The van der Waals surface area contributed by atoms with Crippen LogP contribution in [0.25, 0.3) is 10.2 Å². The van der Waals surface area contributed by atoms with Gasteiger partial charge in [0.2, 0.25) is 0 Å². The first-order valence-electron chi connectivity index (χ1n) is 6.20. The number of thiazole rings is 1. The molecule has 1 fully saturated rings. The Hall–Kier alpha value is -1.38. The van der Waals surface area contributed by atoms with E-state index in [1.165, 1.54) is 11.3 Å². The van der Waals surface area contributed by atoms with Crippen molar-refractivity contribution in [3.8, 4) is 0 Å². The Kier molecular flexibility index (Phi) is 3.76. The molecule has 1 aromatic heterocycles. The van der Waals surface area contributed by atoms with Gasteiger partial charge in [-0.2, -0.15) is 0 Å². The summed E-state index contributed by atoms with van der Waals surface area (Å²) in [5.41, 5.74) is 0.802. The minimum absolute atomic E-state index is 0.110. The Balaban J connectivity index is 1.66. The van der Waals surface area contributed by atoms with Crippen LogP contribution in [0.1, 0.15) is 0 Å². The molecule has 112 valence electrons. The van der Waals surface area contributed by atoms with Crippen molar-refractivity contribution in [3.63, 3.8) is 0 Å². The summed E-state index contributed by atoms with van der Waals surface area (Å²) in [6.07, 6.45) is 0. The van der Waals surface area contributed by atoms with E-state index in [1.807, 2.05) is 24.3 Å². The highest BCUT2D eigenvalue weighted by Gasteiger charge is 2.37. The molecular weight excluding hydrogens is 334 g/mol. The molecule has 9 heteroatoms. The van der Waals surface area contributed by atoms with Crippen LogP contribution in [0, 0.1) is 0 Å². The fourth-order valence-corrected chi connectivity index (χ4v) is 5.57. The molecule has 3 rings (SSSR count). The zero-order valence-electron chi connectivity index (χ0n) is 10.7. The molecule has 2 amide bonds. The summed E-state index contributed by atoms with van der Waals surface area (Å²) in [4.78, 5) is 16.2. The van der Waals surface area contributed by atoms with Gasteiger partial charge in [-0.05, 0) is 12.1 Å². The molecule has 6 nitrogen and oxygen atoms in total. The maximum Gasteiger partial charge on any atom is 0.321 e. The van der Waals surface area contributed by atoms with Gasteiger partial charge in [0.05, 0.1) is 33.1 Å². The first-order chi connectivity index (χ1) is 9.93. The second kappa shape index (κ2) is 5.43. The van der Waals surface area contributed by atoms with Crippen LogP contribution in [0.2, 0.25) is 0 Å². The number of amides is 2. The third-order valence-corrected chi connectivity index (χ3v) is 6.44. The van der Waals surface area contributed by atoms with E-state index in [-0.39, 0.29) is 11.5 Å². The van der Waals surface area contributed by atoms with Gasteiger partial charge in [0.1, 0.15) is 0 Å². The van der Waals surface area contributed by atoms with Gasteiger partial charge in [0.25, 0.3) is 0 Å². The second-order valence-corrected chi connectivity index (χ2v) is 8.53. The number of hydrogen-bond donors (Lipinski definition) is 2. The number of aromatic nitrogens is 1. The van der Waals surface area contributed by atoms with Crippen molar-refractivity contribution in [2.45, 2.75) is 11.4 Å².